The smallest absolute Gasteiger partial charge is 0.268 e. The summed E-state index contributed by atoms with van der Waals surface area (Å²) >= 11 is 1.45. The molecule has 0 amide bonds. The topological polar surface area (TPSA) is 60.7 Å². The van der Waals surface area contributed by atoms with Gasteiger partial charge in [0.25, 0.3) is 5.56 Å². The second kappa shape index (κ2) is 8.27. The Morgan fingerprint density at radius 1 is 1.00 bits per heavy atom. The fourth-order valence-corrected chi connectivity index (χ4v) is 3.83. The van der Waals surface area contributed by atoms with Crippen molar-refractivity contribution < 1.29 is 0 Å². The minimum atomic E-state index is -0.128. The van der Waals surface area contributed by atoms with Gasteiger partial charge in [0.15, 0.2) is 0 Å². The Morgan fingerprint density at radius 2 is 1.79 bits per heavy atom. The summed E-state index contributed by atoms with van der Waals surface area (Å²) in [4.78, 5) is 17.9. The van der Waals surface area contributed by atoms with Gasteiger partial charge >= 0.3 is 0 Å². The fourth-order valence-electron chi connectivity index (χ4n) is 2.95. The number of benzene rings is 2. The monoisotopic (exact) mass is 388 g/mol. The fraction of sp³-hybridized carbons (Fsp3) is 0.182. The van der Waals surface area contributed by atoms with Crippen LogP contribution in [-0.4, -0.2) is 19.7 Å². The molecule has 0 atom stereocenters. The third-order valence-electron chi connectivity index (χ3n) is 4.42. The molecule has 0 bridgehead atoms. The molecule has 28 heavy (non-hydrogen) atoms. The van der Waals surface area contributed by atoms with Gasteiger partial charge in [-0.15, -0.1) is 10.2 Å². The average Bonchev–Trinajstić information content (AvgIpc) is 3.20. The quantitative estimate of drug-likeness (QED) is 0.478. The van der Waals surface area contributed by atoms with Gasteiger partial charge in [-0.25, -0.2) is 9.55 Å². The van der Waals surface area contributed by atoms with E-state index in [1.807, 2.05) is 60.7 Å². The summed E-state index contributed by atoms with van der Waals surface area (Å²) < 4.78 is 1.56. The van der Waals surface area contributed by atoms with Crippen LogP contribution in [0.25, 0.3) is 28.2 Å². The van der Waals surface area contributed by atoms with Crippen LogP contribution in [0.4, 0.5) is 0 Å². The molecule has 2 aromatic carbocycles. The minimum Gasteiger partial charge on any atom is -0.268 e. The average molecular weight is 388 g/mol. The summed E-state index contributed by atoms with van der Waals surface area (Å²) in [7, 11) is 0. The van der Waals surface area contributed by atoms with E-state index in [-0.39, 0.29) is 5.56 Å². The first-order chi connectivity index (χ1) is 13.8. The van der Waals surface area contributed by atoms with Crippen molar-refractivity contribution in [2.75, 3.05) is 0 Å². The standard InChI is InChI=1S/C22H20N4OS/c1-2-3-13-20-24-25-22(28-20)26-19(15-14-16-9-5-4-6-10-16)23-18-12-8-7-11-17(18)21(26)27/h4-12,14-15H,2-3,13H2,1H3/b15-14+. The summed E-state index contributed by atoms with van der Waals surface area (Å²) in [6.45, 7) is 2.15. The molecule has 0 spiro atoms. The van der Waals surface area contributed by atoms with Crippen molar-refractivity contribution in [2.45, 2.75) is 26.2 Å². The minimum absolute atomic E-state index is 0.128. The normalized spacial score (nSPS) is 11.5. The van der Waals surface area contributed by atoms with Crippen molar-refractivity contribution >= 4 is 34.4 Å². The van der Waals surface area contributed by atoms with E-state index in [0.29, 0.717) is 21.9 Å². The Hall–Kier alpha value is -3.12. The van der Waals surface area contributed by atoms with E-state index in [1.54, 1.807) is 10.6 Å². The van der Waals surface area contributed by atoms with E-state index in [0.717, 1.165) is 29.8 Å². The molecule has 140 valence electrons. The van der Waals surface area contributed by atoms with E-state index in [2.05, 4.69) is 17.1 Å². The number of nitrogens with zero attached hydrogens (tertiary/aromatic N) is 4. The number of hydrogen-bond acceptors (Lipinski definition) is 5. The zero-order chi connectivity index (χ0) is 19.3. The first-order valence-electron chi connectivity index (χ1n) is 9.34. The van der Waals surface area contributed by atoms with Gasteiger partial charge in [-0.3, -0.25) is 4.79 Å². The molecule has 0 saturated carbocycles. The van der Waals surface area contributed by atoms with Gasteiger partial charge in [-0.05, 0) is 30.2 Å². The van der Waals surface area contributed by atoms with Crippen LogP contribution in [0.3, 0.4) is 0 Å². The first-order valence-corrected chi connectivity index (χ1v) is 10.2. The second-order valence-electron chi connectivity index (χ2n) is 6.45. The summed E-state index contributed by atoms with van der Waals surface area (Å²) in [5, 5.41) is 10.6. The number of fused-ring (bicyclic) bond motifs is 1. The van der Waals surface area contributed by atoms with Crippen LogP contribution < -0.4 is 5.56 Å². The first kappa shape index (κ1) is 18.3. The van der Waals surface area contributed by atoms with E-state index < -0.39 is 0 Å². The number of para-hydroxylation sites is 1. The molecule has 0 N–H and O–H groups in total. The Balaban J connectivity index is 1.85. The van der Waals surface area contributed by atoms with Crippen LogP contribution in [0.1, 0.15) is 36.2 Å². The molecule has 0 saturated heterocycles. The molecule has 0 aliphatic carbocycles. The highest BCUT2D eigenvalue weighted by molar-refractivity contribution is 7.13. The van der Waals surface area contributed by atoms with Crippen molar-refractivity contribution in [3.05, 3.63) is 81.3 Å². The van der Waals surface area contributed by atoms with Gasteiger partial charge in [0, 0.05) is 6.42 Å². The lowest BCUT2D eigenvalue weighted by Gasteiger charge is -2.07. The van der Waals surface area contributed by atoms with Crippen LogP contribution in [0, 0.1) is 0 Å². The van der Waals surface area contributed by atoms with Gasteiger partial charge in [0.2, 0.25) is 5.13 Å². The van der Waals surface area contributed by atoms with Gasteiger partial charge in [0.05, 0.1) is 10.9 Å². The number of hydrogen-bond donors (Lipinski definition) is 0. The van der Waals surface area contributed by atoms with Crippen LogP contribution in [-0.2, 0) is 6.42 Å². The number of aryl methyl sites for hydroxylation is 1. The van der Waals surface area contributed by atoms with Crippen molar-refractivity contribution in [1.82, 2.24) is 19.7 Å². The van der Waals surface area contributed by atoms with E-state index in [4.69, 9.17) is 4.98 Å². The summed E-state index contributed by atoms with van der Waals surface area (Å²) in [5.74, 6) is 0.547. The van der Waals surface area contributed by atoms with Crippen LogP contribution >= 0.6 is 11.3 Å². The molecular formula is C22H20N4OS. The maximum Gasteiger partial charge on any atom is 0.268 e. The third kappa shape index (κ3) is 3.77. The summed E-state index contributed by atoms with van der Waals surface area (Å²) in [5.41, 5.74) is 1.58. The SMILES string of the molecule is CCCCc1nnc(-n2c(/C=C/c3ccccc3)nc3ccccc3c2=O)s1. The van der Waals surface area contributed by atoms with Crippen LogP contribution in [0.2, 0.25) is 0 Å². The number of unbranched alkanes of at least 4 members (excludes halogenated alkanes) is 1. The van der Waals surface area contributed by atoms with E-state index in [1.165, 1.54) is 11.3 Å². The molecule has 0 aliphatic rings. The Morgan fingerprint density at radius 3 is 2.61 bits per heavy atom. The van der Waals surface area contributed by atoms with Gasteiger partial charge in [-0.2, -0.15) is 0 Å². The molecule has 4 aromatic rings. The zero-order valence-corrected chi connectivity index (χ0v) is 16.4. The lowest BCUT2D eigenvalue weighted by atomic mass is 10.2. The van der Waals surface area contributed by atoms with Crippen molar-refractivity contribution in [2.24, 2.45) is 0 Å². The third-order valence-corrected chi connectivity index (χ3v) is 5.39. The lowest BCUT2D eigenvalue weighted by Crippen LogP contribution is -2.22. The highest BCUT2D eigenvalue weighted by Gasteiger charge is 2.15. The molecule has 0 unspecified atom stereocenters. The highest BCUT2D eigenvalue weighted by atomic mass is 32.1. The number of aromatic nitrogens is 4. The van der Waals surface area contributed by atoms with Gasteiger partial charge in [0.1, 0.15) is 10.8 Å². The predicted molar refractivity (Wildman–Crippen MR) is 115 cm³/mol. The van der Waals surface area contributed by atoms with E-state index >= 15 is 0 Å². The Labute approximate surface area is 167 Å². The zero-order valence-electron chi connectivity index (χ0n) is 15.6. The second-order valence-corrected chi connectivity index (χ2v) is 7.49. The van der Waals surface area contributed by atoms with E-state index in [9.17, 15) is 4.79 Å². The molecule has 0 radical (unpaired) electrons. The number of rotatable bonds is 6. The molecule has 2 aromatic heterocycles. The highest BCUT2D eigenvalue weighted by Crippen LogP contribution is 2.19. The molecule has 0 fully saturated rings. The Bertz CT molecular complexity index is 1180. The van der Waals surface area contributed by atoms with Crippen molar-refractivity contribution in [1.29, 1.82) is 0 Å². The van der Waals surface area contributed by atoms with Crippen molar-refractivity contribution in [3.63, 3.8) is 0 Å². The molecule has 6 heteroatoms. The van der Waals surface area contributed by atoms with Gasteiger partial charge in [-0.1, -0.05) is 73.2 Å². The maximum absolute atomic E-state index is 13.2. The largest absolute Gasteiger partial charge is 0.268 e. The molecule has 0 aliphatic heterocycles. The molecule has 2 heterocycles. The molecule has 5 nitrogen and oxygen atoms in total. The summed E-state index contributed by atoms with van der Waals surface area (Å²) in [6, 6.07) is 17.3. The van der Waals surface area contributed by atoms with Gasteiger partial charge < -0.3 is 0 Å². The maximum atomic E-state index is 13.2. The predicted octanol–water partition coefficient (Wildman–Crippen LogP) is 4.75. The molecular weight excluding hydrogens is 368 g/mol. The van der Waals surface area contributed by atoms with Crippen LogP contribution in [0.5, 0.6) is 0 Å². The van der Waals surface area contributed by atoms with Crippen molar-refractivity contribution in [3.8, 4) is 5.13 Å². The Kier molecular flexibility index (Phi) is 5.39. The van der Waals surface area contributed by atoms with Crippen LogP contribution in [0.15, 0.2) is 59.4 Å². The summed E-state index contributed by atoms with van der Waals surface area (Å²) in [6.07, 6.45) is 6.83. The lowest BCUT2D eigenvalue weighted by molar-refractivity contribution is 0.777. The molecule has 4 rings (SSSR count).